The molecule has 0 nitrogen and oxygen atoms in total. The number of hydrogen-bond acceptors (Lipinski definition) is 0. The Kier molecular flexibility index (Phi) is 16.7. The average Bonchev–Trinajstić information content (AvgIpc) is 3.08. The van der Waals surface area contributed by atoms with Gasteiger partial charge in [-0.3, -0.25) is 0 Å². The molecule has 0 atom stereocenters. The standard InChI is InChI=1S/C20H36P.C18H33P.2ClH.Ru/c1-2-21(18-12-6-3-7-13-18,19-14-8-4-9-15-19)20-16-10-5-11-17-20;1-4-10-16(11-5-1)19(17-12-6-2-7-13-17)18-14-8-3-9-15-18;;;/h1,18-20H,2-17H2;16-18H,1-15H2;2*1H;/q+1;;;;+2/p-1. The molecule has 0 heterocycles. The van der Waals surface area contributed by atoms with Crippen LogP contribution < -0.4 is 0 Å². The zero-order valence-corrected chi connectivity index (χ0v) is 33.2. The molecule has 0 N–H and O–H groups in total. The van der Waals surface area contributed by atoms with Crippen LogP contribution in [-0.4, -0.2) is 44.7 Å². The van der Waals surface area contributed by atoms with Crippen molar-refractivity contribution in [3.05, 3.63) is 0 Å². The van der Waals surface area contributed by atoms with E-state index in [0.717, 1.165) is 17.0 Å². The minimum absolute atomic E-state index is 0.0465. The molecule has 6 aliphatic rings. The zero-order valence-electron chi connectivity index (χ0n) is 28.0. The average molecular weight is 761 g/mol. The van der Waals surface area contributed by atoms with E-state index in [0.29, 0.717) is 0 Å². The monoisotopic (exact) mass is 760 g/mol. The van der Waals surface area contributed by atoms with E-state index in [1.165, 1.54) is 119 Å². The van der Waals surface area contributed by atoms with Crippen LogP contribution in [0.3, 0.4) is 0 Å². The van der Waals surface area contributed by atoms with Crippen molar-refractivity contribution in [1.29, 1.82) is 0 Å². The Morgan fingerprint density at radius 2 is 0.674 bits per heavy atom. The molecule has 0 radical (unpaired) electrons. The number of halogens is 2. The molecule has 6 saturated carbocycles. The third-order valence-electron chi connectivity index (χ3n) is 13.5. The molecule has 0 aromatic heterocycles. The van der Waals surface area contributed by atoms with Crippen LogP contribution in [0.15, 0.2) is 0 Å². The normalized spacial score (nSPS) is 27.5. The van der Waals surface area contributed by atoms with Gasteiger partial charge in [0.05, 0.1) is 17.0 Å². The molecular formula is C38H70Cl2P2Ru+2. The van der Waals surface area contributed by atoms with Crippen LogP contribution in [0, 0.1) is 0 Å². The zero-order chi connectivity index (χ0) is 29.7. The van der Waals surface area contributed by atoms with Crippen molar-refractivity contribution < 1.29 is 13.5 Å². The SMILES string of the molecule is C1CCC([PH+](C2CCCCC2)C2CCCCC2)CC1.[Cl][Ru]([Cl])=[CH]C[P+](C1CCCCC1)(C1CCCCC1)C1CCCCC1. The van der Waals surface area contributed by atoms with Crippen LogP contribution in [0.25, 0.3) is 0 Å². The molecule has 0 aromatic rings. The van der Waals surface area contributed by atoms with Gasteiger partial charge in [0.25, 0.3) is 0 Å². The molecule has 0 unspecified atom stereocenters. The van der Waals surface area contributed by atoms with Crippen LogP contribution in [0.1, 0.15) is 193 Å². The van der Waals surface area contributed by atoms with Gasteiger partial charge in [-0.25, -0.2) is 0 Å². The molecule has 6 fully saturated rings. The molecular weight excluding hydrogens is 690 g/mol. The van der Waals surface area contributed by atoms with Gasteiger partial charge in [-0.2, -0.15) is 0 Å². The first-order valence-corrected chi connectivity index (χ1v) is 29.1. The van der Waals surface area contributed by atoms with E-state index in [-0.39, 0.29) is 7.92 Å². The summed E-state index contributed by atoms with van der Waals surface area (Å²) >= 11 is -1.63. The second-order valence-corrected chi connectivity index (χ2v) is 29.8. The molecule has 0 aliphatic heterocycles. The van der Waals surface area contributed by atoms with Gasteiger partial charge in [0.1, 0.15) is 0 Å². The second kappa shape index (κ2) is 19.8. The topological polar surface area (TPSA) is 0 Å². The minimum atomic E-state index is -1.63. The van der Waals surface area contributed by atoms with Crippen molar-refractivity contribution in [3.63, 3.8) is 0 Å². The molecule has 0 aromatic carbocycles. The summed E-state index contributed by atoms with van der Waals surface area (Å²) in [5.41, 5.74) is 6.88. The Bertz CT molecular complexity index is 691. The van der Waals surface area contributed by atoms with Gasteiger partial charge in [-0.15, -0.1) is 0 Å². The summed E-state index contributed by atoms with van der Waals surface area (Å²) in [7, 11) is 11.7. The number of rotatable bonds is 8. The van der Waals surface area contributed by atoms with E-state index in [9.17, 15) is 0 Å². The van der Waals surface area contributed by atoms with Gasteiger partial charge in [-0.05, 0) is 77.0 Å². The van der Waals surface area contributed by atoms with Crippen molar-refractivity contribution >= 4 is 39.2 Å². The first-order chi connectivity index (χ1) is 21.2. The van der Waals surface area contributed by atoms with Crippen molar-refractivity contribution in [2.24, 2.45) is 0 Å². The van der Waals surface area contributed by atoms with Crippen molar-refractivity contribution in [2.45, 2.75) is 227 Å². The van der Waals surface area contributed by atoms with Crippen molar-refractivity contribution in [3.8, 4) is 0 Å². The first kappa shape index (κ1) is 36.2. The van der Waals surface area contributed by atoms with Crippen LogP contribution in [0.5, 0.6) is 0 Å². The summed E-state index contributed by atoms with van der Waals surface area (Å²) in [6, 6.07) is 0. The van der Waals surface area contributed by atoms with E-state index in [4.69, 9.17) is 19.4 Å². The van der Waals surface area contributed by atoms with E-state index in [1.807, 2.05) is 0 Å². The molecule has 6 rings (SSSR count). The molecule has 0 amide bonds. The Labute approximate surface area is 283 Å². The Balaban J connectivity index is 0.000000176. The fraction of sp³-hybridized carbons (Fsp3) is 0.974. The summed E-state index contributed by atoms with van der Waals surface area (Å²) in [5.74, 6) is 0. The maximum absolute atomic E-state index is 6.37. The van der Waals surface area contributed by atoms with E-state index < -0.39 is 20.8 Å². The van der Waals surface area contributed by atoms with Gasteiger partial charge in [0, 0.05) is 7.92 Å². The van der Waals surface area contributed by atoms with Gasteiger partial charge in [0.15, 0.2) is 0 Å². The predicted molar refractivity (Wildman–Crippen MR) is 199 cm³/mol. The number of hydrogen-bond donors (Lipinski definition) is 0. The van der Waals surface area contributed by atoms with Crippen LogP contribution in [0.2, 0.25) is 0 Å². The fourth-order valence-electron chi connectivity index (χ4n) is 11.5. The van der Waals surface area contributed by atoms with Gasteiger partial charge < -0.3 is 0 Å². The fourth-order valence-corrected chi connectivity index (χ4v) is 27.8. The van der Waals surface area contributed by atoms with Gasteiger partial charge >= 0.3 is 164 Å². The second-order valence-electron chi connectivity index (χ2n) is 15.9. The molecule has 0 spiro atoms. The quantitative estimate of drug-likeness (QED) is 0.171. The third kappa shape index (κ3) is 10.5. The first-order valence-electron chi connectivity index (χ1n) is 19.7. The van der Waals surface area contributed by atoms with Crippen LogP contribution >= 0.6 is 34.6 Å². The van der Waals surface area contributed by atoms with Gasteiger partial charge in [0.2, 0.25) is 0 Å². The van der Waals surface area contributed by atoms with Crippen molar-refractivity contribution in [2.75, 3.05) is 6.16 Å². The maximum atomic E-state index is 6.37. The Morgan fingerprint density at radius 3 is 0.930 bits per heavy atom. The molecule has 0 saturated heterocycles. The summed E-state index contributed by atoms with van der Waals surface area (Å²) in [5, 5.41) is 0. The Hall–Kier alpha value is 1.93. The van der Waals surface area contributed by atoms with E-state index in [1.54, 1.807) is 96.3 Å². The molecule has 43 heavy (non-hydrogen) atoms. The summed E-state index contributed by atoms with van der Waals surface area (Å²) in [6.45, 7) is 0. The van der Waals surface area contributed by atoms with E-state index >= 15 is 0 Å². The summed E-state index contributed by atoms with van der Waals surface area (Å²) < 4.78 is 2.46. The van der Waals surface area contributed by atoms with Crippen LogP contribution in [0.4, 0.5) is 0 Å². The van der Waals surface area contributed by atoms with E-state index in [2.05, 4.69) is 4.61 Å². The molecule has 5 heteroatoms. The molecule has 0 bridgehead atoms. The summed E-state index contributed by atoms with van der Waals surface area (Å²) in [6.07, 6.45) is 47.8. The molecule has 6 aliphatic carbocycles. The molecule has 252 valence electrons. The summed E-state index contributed by atoms with van der Waals surface area (Å²) in [4.78, 5) is 0. The third-order valence-corrected chi connectivity index (χ3v) is 27.2. The Morgan fingerprint density at radius 1 is 0.419 bits per heavy atom. The predicted octanol–water partition coefficient (Wildman–Crippen LogP) is 13.9. The van der Waals surface area contributed by atoms with Gasteiger partial charge in [-0.1, -0.05) is 19.3 Å². The van der Waals surface area contributed by atoms with Crippen LogP contribution in [-0.2, 0) is 13.5 Å². The van der Waals surface area contributed by atoms with Crippen molar-refractivity contribution in [1.82, 2.24) is 0 Å².